The van der Waals surface area contributed by atoms with E-state index in [1.54, 1.807) is 24.3 Å². The van der Waals surface area contributed by atoms with Gasteiger partial charge in [0.15, 0.2) is 0 Å². The summed E-state index contributed by atoms with van der Waals surface area (Å²) in [5.41, 5.74) is 0. The Bertz CT molecular complexity index is 345. The first-order valence-corrected chi connectivity index (χ1v) is 6.90. The van der Waals surface area contributed by atoms with E-state index in [9.17, 15) is 5.11 Å². The Hall–Kier alpha value is -0.810. The highest BCUT2D eigenvalue weighted by Gasteiger charge is 2.07. The van der Waals surface area contributed by atoms with E-state index in [4.69, 9.17) is 21.4 Å². The zero-order valence-electron chi connectivity index (χ0n) is 11.2. The van der Waals surface area contributed by atoms with E-state index in [0.29, 0.717) is 17.3 Å². The first-order valence-electron chi connectivity index (χ1n) is 6.52. The van der Waals surface area contributed by atoms with Gasteiger partial charge in [-0.1, -0.05) is 11.6 Å². The number of aliphatic hydroxyl groups excluding tert-OH is 2. The van der Waals surface area contributed by atoms with Crippen molar-refractivity contribution in [3.8, 4) is 5.75 Å². The van der Waals surface area contributed by atoms with Gasteiger partial charge in [-0.3, -0.25) is 0 Å². The van der Waals surface area contributed by atoms with Crippen LogP contribution < -0.4 is 10.1 Å². The van der Waals surface area contributed by atoms with Crippen molar-refractivity contribution in [3.63, 3.8) is 0 Å². The van der Waals surface area contributed by atoms with E-state index in [0.717, 1.165) is 12.8 Å². The lowest BCUT2D eigenvalue weighted by Gasteiger charge is -2.17. The first kappa shape index (κ1) is 16.2. The van der Waals surface area contributed by atoms with Crippen LogP contribution in [0, 0.1) is 0 Å². The van der Waals surface area contributed by atoms with Crippen LogP contribution in [0.3, 0.4) is 0 Å². The molecule has 0 aliphatic carbocycles. The van der Waals surface area contributed by atoms with Crippen molar-refractivity contribution in [3.05, 3.63) is 29.3 Å². The number of aliphatic hydroxyl groups is 2. The van der Waals surface area contributed by atoms with Gasteiger partial charge in [-0.2, -0.15) is 0 Å². The number of hydrogen-bond donors (Lipinski definition) is 3. The molecule has 2 atom stereocenters. The molecular weight excluding hydrogens is 266 g/mol. The average molecular weight is 288 g/mol. The topological polar surface area (TPSA) is 61.7 Å². The Labute approximate surface area is 119 Å². The fourth-order valence-corrected chi connectivity index (χ4v) is 1.74. The van der Waals surface area contributed by atoms with Gasteiger partial charge in [0.05, 0.1) is 0 Å². The molecule has 2 unspecified atom stereocenters. The van der Waals surface area contributed by atoms with Crippen molar-refractivity contribution < 1.29 is 14.9 Å². The molecule has 19 heavy (non-hydrogen) atoms. The first-order chi connectivity index (χ1) is 9.11. The Kier molecular flexibility index (Phi) is 7.82. The van der Waals surface area contributed by atoms with Crippen molar-refractivity contribution in [1.82, 2.24) is 5.32 Å². The van der Waals surface area contributed by atoms with E-state index in [1.165, 1.54) is 0 Å². The van der Waals surface area contributed by atoms with E-state index >= 15 is 0 Å². The van der Waals surface area contributed by atoms with Crippen molar-refractivity contribution in [2.75, 3.05) is 19.8 Å². The van der Waals surface area contributed by atoms with Crippen LogP contribution in [0.4, 0.5) is 0 Å². The Morgan fingerprint density at radius 2 is 2.00 bits per heavy atom. The monoisotopic (exact) mass is 287 g/mol. The molecule has 4 nitrogen and oxygen atoms in total. The molecule has 0 aliphatic rings. The van der Waals surface area contributed by atoms with Crippen LogP contribution in [0.2, 0.25) is 5.02 Å². The van der Waals surface area contributed by atoms with Crippen LogP contribution in [-0.4, -0.2) is 42.1 Å². The summed E-state index contributed by atoms with van der Waals surface area (Å²) in [5, 5.41) is 22.4. The molecule has 1 rings (SSSR count). The third-order valence-corrected chi connectivity index (χ3v) is 3.01. The molecule has 0 fully saturated rings. The zero-order chi connectivity index (χ0) is 14.1. The van der Waals surface area contributed by atoms with Crippen LogP contribution in [0.15, 0.2) is 24.3 Å². The number of ether oxygens (including phenoxy) is 1. The maximum Gasteiger partial charge on any atom is 0.119 e. The van der Waals surface area contributed by atoms with E-state index in [1.807, 2.05) is 6.92 Å². The summed E-state index contributed by atoms with van der Waals surface area (Å²) in [5.74, 6) is 0.691. The highest BCUT2D eigenvalue weighted by Crippen LogP contribution is 2.15. The Balaban J connectivity index is 2.17. The van der Waals surface area contributed by atoms with Crippen LogP contribution >= 0.6 is 11.6 Å². The molecule has 108 valence electrons. The summed E-state index contributed by atoms with van der Waals surface area (Å²) in [4.78, 5) is 0. The number of nitrogens with one attached hydrogen (secondary N) is 1. The fraction of sp³-hybridized carbons (Fsp3) is 0.571. The zero-order valence-corrected chi connectivity index (χ0v) is 11.9. The van der Waals surface area contributed by atoms with Crippen molar-refractivity contribution in [2.45, 2.75) is 31.9 Å². The van der Waals surface area contributed by atoms with Crippen molar-refractivity contribution in [2.24, 2.45) is 0 Å². The molecule has 0 amide bonds. The van der Waals surface area contributed by atoms with Gasteiger partial charge in [-0.25, -0.2) is 0 Å². The fourth-order valence-electron chi connectivity index (χ4n) is 1.62. The molecule has 1 aromatic carbocycles. The molecule has 0 spiro atoms. The van der Waals surface area contributed by atoms with Crippen molar-refractivity contribution >= 4 is 11.6 Å². The van der Waals surface area contributed by atoms with E-state index < -0.39 is 6.10 Å². The number of halogens is 1. The molecule has 1 aromatic rings. The second kappa shape index (κ2) is 9.15. The molecule has 0 radical (unpaired) electrons. The van der Waals surface area contributed by atoms with Gasteiger partial charge in [0.1, 0.15) is 18.5 Å². The minimum atomic E-state index is -0.563. The summed E-state index contributed by atoms with van der Waals surface area (Å²) in [6.07, 6.45) is 1.10. The molecule has 5 heteroatoms. The van der Waals surface area contributed by atoms with Crippen LogP contribution in [0.5, 0.6) is 5.75 Å². The van der Waals surface area contributed by atoms with Gasteiger partial charge in [0.25, 0.3) is 0 Å². The number of rotatable bonds is 9. The van der Waals surface area contributed by atoms with E-state index in [2.05, 4.69) is 5.32 Å². The predicted octanol–water partition coefficient (Wildman–Crippen LogP) is 1.83. The molecule has 0 aliphatic heterocycles. The number of hydrogen-bond acceptors (Lipinski definition) is 4. The van der Waals surface area contributed by atoms with Gasteiger partial charge in [-0.15, -0.1) is 0 Å². The molecular formula is C14H22ClNO3. The number of benzene rings is 1. The largest absolute Gasteiger partial charge is 0.491 e. The second-order valence-corrected chi connectivity index (χ2v) is 5.03. The maximum atomic E-state index is 9.78. The van der Waals surface area contributed by atoms with Gasteiger partial charge < -0.3 is 20.3 Å². The van der Waals surface area contributed by atoms with Crippen molar-refractivity contribution in [1.29, 1.82) is 0 Å². The van der Waals surface area contributed by atoms with E-state index in [-0.39, 0.29) is 19.3 Å². The smallest absolute Gasteiger partial charge is 0.119 e. The minimum absolute atomic E-state index is 0.203. The average Bonchev–Trinajstić information content (AvgIpc) is 2.42. The third-order valence-electron chi connectivity index (χ3n) is 2.75. The van der Waals surface area contributed by atoms with Crippen LogP contribution in [0.25, 0.3) is 0 Å². The lowest BCUT2D eigenvalue weighted by molar-refractivity contribution is 0.103. The summed E-state index contributed by atoms with van der Waals surface area (Å²) < 4.78 is 5.45. The standard InChI is InChI=1S/C14H22ClNO3/c1-11(3-2-8-17)16-9-13(18)10-19-14-6-4-12(15)5-7-14/h4-7,11,13,16-18H,2-3,8-10H2,1H3. The molecule has 0 saturated carbocycles. The van der Waals surface area contributed by atoms with Gasteiger partial charge >= 0.3 is 0 Å². The van der Waals surface area contributed by atoms with Gasteiger partial charge in [-0.05, 0) is 44.0 Å². The SMILES string of the molecule is CC(CCCO)NCC(O)COc1ccc(Cl)cc1. The highest BCUT2D eigenvalue weighted by atomic mass is 35.5. The quantitative estimate of drug-likeness (QED) is 0.648. The highest BCUT2D eigenvalue weighted by molar-refractivity contribution is 6.30. The molecule has 0 saturated heterocycles. The molecule has 0 aromatic heterocycles. The second-order valence-electron chi connectivity index (χ2n) is 4.59. The Morgan fingerprint density at radius 1 is 1.32 bits per heavy atom. The van der Waals surface area contributed by atoms with Gasteiger partial charge in [0.2, 0.25) is 0 Å². The molecule has 0 bridgehead atoms. The van der Waals surface area contributed by atoms with Crippen LogP contribution in [-0.2, 0) is 0 Å². The molecule has 3 N–H and O–H groups in total. The third kappa shape index (κ3) is 7.38. The van der Waals surface area contributed by atoms with Crippen LogP contribution in [0.1, 0.15) is 19.8 Å². The summed E-state index contributed by atoms with van der Waals surface area (Å²) in [7, 11) is 0. The van der Waals surface area contributed by atoms with Gasteiger partial charge in [0, 0.05) is 24.2 Å². The lowest BCUT2D eigenvalue weighted by atomic mass is 10.2. The predicted molar refractivity (Wildman–Crippen MR) is 76.7 cm³/mol. The summed E-state index contributed by atoms with van der Waals surface area (Å²) >= 11 is 5.77. The molecule has 0 heterocycles. The Morgan fingerprint density at radius 3 is 2.63 bits per heavy atom. The lowest BCUT2D eigenvalue weighted by Crippen LogP contribution is -2.36. The minimum Gasteiger partial charge on any atom is -0.491 e. The summed E-state index contributed by atoms with van der Waals surface area (Å²) in [6.45, 7) is 2.94. The normalized spacial score (nSPS) is 14.1. The maximum absolute atomic E-state index is 9.78. The summed E-state index contributed by atoms with van der Waals surface area (Å²) in [6, 6.07) is 7.31.